The Balaban J connectivity index is 1.68. The molecule has 3 aromatic rings. The standard InChI is InChI=1S/C21H19ClF2N4O2S/c1-3-10-28-20(13(2)30-18-9-6-15(23)11-17(18)24)26-27-21(28)31-12-19(29)25-16-7-4-14(22)5-8-16/h3-9,11,13H,1,10,12H2,2H3,(H,25,29). The van der Waals surface area contributed by atoms with Crippen LogP contribution in [0.1, 0.15) is 18.9 Å². The third kappa shape index (κ3) is 6.05. The van der Waals surface area contributed by atoms with E-state index in [-0.39, 0.29) is 17.4 Å². The summed E-state index contributed by atoms with van der Waals surface area (Å²) in [6.07, 6.45) is 0.972. The highest BCUT2D eigenvalue weighted by molar-refractivity contribution is 7.99. The summed E-state index contributed by atoms with van der Waals surface area (Å²) < 4.78 is 34.3. The molecule has 0 fully saturated rings. The van der Waals surface area contributed by atoms with Crippen molar-refractivity contribution in [3.63, 3.8) is 0 Å². The summed E-state index contributed by atoms with van der Waals surface area (Å²) in [7, 11) is 0. The Hall–Kier alpha value is -2.91. The van der Waals surface area contributed by atoms with Gasteiger partial charge in [0.2, 0.25) is 5.91 Å². The van der Waals surface area contributed by atoms with Crippen molar-refractivity contribution in [2.45, 2.75) is 24.7 Å². The number of ether oxygens (including phenoxy) is 1. The fourth-order valence-corrected chi connectivity index (χ4v) is 3.56. The number of hydrogen-bond acceptors (Lipinski definition) is 5. The first-order valence-electron chi connectivity index (χ1n) is 9.21. The fraction of sp³-hybridized carbons (Fsp3) is 0.190. The van der Waals surface area contributed by atoms with Crippen LogP contribution in [0.2, 0.25) is 5.02 Å². The van der Waals surface area contributed by atoms with Gasteiger partial charge in [0.05, 0.1) is 5.75 Å². The molecule has 0 spiro atoms. The van der Waals surface area contributed by atoms with Crippen molar-refractivity contribution in [1.82, 2.24) is 14.8 Å². The van der Waals surface area contributed by atoms with Crippen LogP contribution in [0.4, 0.5) is 14.5 Å². The van der Waals surface area contributed by atoms with Crippen molar-refractivity contribution in [3.8, 4) is 5.75 Å². The van der Waals surface area contributed by atoms with E-state index in [0.29, 0.717) is 28.2 Å². The molecule has 162 valence electrons. The second kappa shape index (κ2) is 10.4. The first-order valence-corrected chi connectivity index (χ1v) is 10.6. The summed E-state index contributed by atoms with van der Waals surface area (Å²) >= 11 is 7.03. The highest BCUT2D eigenvalue weighted by Crippen LogP contribution is 2.27. The Morgan fingerprint density at radius 3 is 2.71 bits per heavy atom. The minimum absolute atomic E-state index is 0.0970. The molecule has 3 rings (SSSR count). The summed E-state index contributed by atoms with van der Waals surface area (Å²) in [5.74, 6) is -1.31. The van der Waals surface area contributed by atoms with Crippen molar-refractivity contribution < 1.29 is 18.3 Å². The predicted octanol–water partition coefficient (Wildman–Crippen LogP) is 5.27. The van der Waals surface area contributed by atoms with Crippen LogP contribution < -0.4 is 10.1 Å². The van der Waals surface area contributed by atoms with E-state index in [4.69, 9.17) is 16.3 Å². The van der Waals surface area contributed by atoms with Gasteiger partial charge < -0.3 is 10.1 Å². The topological polar surface area (TPSA) is 69.0 Å². The maximum absolute atomic E-state index is 13.9. The van der Waals surface area contributed by atoms with Gasteiger partial charge in [-0.2, -0.15) is 0 Å². The lowest BCUT2D eigenvalue weighted by Crippen LogP contribution is -2.15. The van der Waals surface area contributed by atoms with E-state index in [2.05, 4.69) is 22.1 Å². The molecule has 2 aromatic carbocycles. The zero-order valence-electron chi connectivity index (χ0n) is 16.5. The van der Waals surface area contributed by atoms with Crippen LogP contribution >= 0.6 is 23.4 Å². The number of rotatable bonds is 9. The van der Waals surface area contributed by atoms with Gasteiger partial charge in [0, 0.05) is 23.3 Å². The molecule has 0 aliphatic carbocycles. The average Bonchev–Trinajstić information content (AvgIpc) is 3.13. The molecule has 0 aliphatic heterocycles. The van der Waals surface area contributed by atoms with E-state index in [1.54, 1.807) is 41.8 Å². The number of nitrogens with zero attached hydrogens (tertiary/aromatic N) is 3. The largest absolute Gasteiger partial charge is 0.480 e. The summed E-state index contributed by atoms with van der Waals surface area (Å²) in [5.41, 5.74) is 0.631. The molecule has 0 aliphatic rings. The fourth-order valence-electron chi connectivity index (χ4n) is 2.68. The number of carbonyl (C=O) groups excluding carboxylic acids is 1. The molecule has 6 nitrogen and oxygen atoms in total. The molecule has 10 heteroatoms. The normalized spacial score (nSPS) is 11.7. The van der Waals surface area contributed by atoms with Gasteiger partial charge in [-0.25, -0.2) is 8.78 Å². The Labute approximate surface area is 187 Å². The second-order valence-electron chi connectivity index (χ2n) is 6.42. The van der Waals surface area contributed by atoms with Gasteiger partial charge in [-0.05, 0) is 43.3 Å². The highest BCUT2D eigenvalue weighted by Gasteiger charge is 2.21. The maximum atomic E-state index is 13.9. The van der Waals surface area contributed by atoms with Crippen LogP contribution in [-0.4, -0.2) is 26.4 Å². The number of nitrogens with one attached hydrogen (secondary N) is 1. The van der Waals surface area contributed by atoms with E-state index >= 15 is 0 Å². The van der Waals surface area contributed by atoms with Crippen LogP contribution in [0.5, 0.6) is 5.75 Å². The number of thioether (sulfide) groups is 1. The Morgan fingerprint density at radius 1 is 1.29 bits per heavy atom. The lowest BCUT2D eigenvalue weighted by atomic mass is 10.3. The Morgan fingerprint density at radius 2 is 2.03 bits per heavy atom. The van der Waals surface area contributed by atoms with E-state index in [1.165, 1.54) is 17.8 Å². The van der Waals surface area contributed by atoms with Crippen molar-refractivity contribution in [1.29, 1.82) is 0 Å². The van der Waals surface area contributed by atoms with Crippen molar-refractivity contribution in [2.24, 2.45) is 0 Å². The number of benzene rings is 2. The number of hydrogen-bond donors (Lipinski definition) is 1. The molecular formula is C21H19ClF2N4O2S. The quantitative estimate of drug-likeness (QED) is 0.345. The molecule has 1 heterocycles. The third-order valence-corrected chi connectivity index (χ3v) is 5.30. The van der Waals surface area contributed by atoms with Crippen LogP contribution in [-0.2, 0) is 11.3 Å². The van der Waals surface area contributed by atoms with Gasteiger partial charge in [-0.15, -0.1) is 16.8 Å². The number of carbonyl (C=O) groups is 1. The summed E-state index contributed by atoms with van der Waals surface area (Å²) in [6, 6.07) is 9.85. The van der Waals surface area contributed by atoms with Gasteiger partial charge in [-0.1, -0.05) is 29.4 Å². The number of anilines is 1. The maximum Gasteiger partial charge on any atom is 0.234 e. The SMILES string of the molecule is C=CCn1c(SCC(=O)Nc2ccc(Cl)cc2)nnc1C(C)Oc1ccc(F)cc1F. The molecule has 1 amide bonds. The second-order valence-corrected chi connectivity index (χ2v) is 7.80. The molecule has 1 N–H and O–H groups in total. The van der Waals surface area contributed by atoms with Gasteiger partial charge in [-0.3, -0.25) is 9.36 Å². The van der Waals surface area contributed by atoms with Crippen LogP contribution in [0.25, 0.3) is 0 Å². The Bertz CT molecular complexity index is 1080. The molecule has 0 saturated carbocycles. The van der Waals surface area contributed by atoms with Crippen molar-refractivity contribution >= 4 is 35.0 Å². The highest BCUT2D eigenvalue weighted by atomic mass is 35.5. The molecule has 0 radical (unpaired) electrons. The Kier molecular flexibility index (Phi) is 7.64. The summed E-state index contributed by atoms with van der Waals surface area (Å²) in [5, 5.41) is 12.1. The van der Waals surface area contributed by atoms with Crippen molar-refractivity contribution in [2.75, 3.05) is 11.1 Å². The first-order chi connectivity index (χ1) is 14.9. The molecule has 31 heavy (non-hydrogen) atoms. The lowest BCUT2D eigenvalue weighted by molar-refractivity contribution is -0.113. The molecule has 1 atom stereocenters. The van der Waals surface area contributed by atoms with E-state index in [1.807, 2.05) is 0 Å². The molecule has 1 aromatic heterocycles. The van der Waals surface area contributed by atoms with E-state index in [0.717, 1.165) is 12.1 Å². The third-order valence-electron chi connectivity index (χ3n) is 4.08. The molecular weight excluding hydrogens is 446 g/mol. The number of amides is 1. The monoisotopic (exact) mass is 464 g/mol. The lowest BCUT2D eigenvalue weighted by Gasteiger charge is -2.16. The molecule has 0 bridgehead atoms. The summed E-state index contributed by atoms with van der Waals surface area (Å²) in [6.45, 7) is 5.76. The van der Waals surface area contributed by atoms with E-state index in [9.17, 15) is 13.6 Å². The number of halogens is 3. The summed E-state index contributed by atoms with van der Waals surface area (Å²) in [4.78, 5) is 12.2. The minimum atomic E-state index is -0.810. The van der Waals surface area contributed by atoms with Gasteiger partial charge >= 0.3 is 0 Å². The molecule has 1 unspecified atom stereocenters. The minimum Gasteiger partial charge on any atom is -0.480 e. The first kappa shape index (κ1) is 22.8. The smallest absolute Gasteiger partial charge is 0.234 e. The van der Waals surface area contributed by atoms with Gasteiger partial charge in [0.1, 0.15) is 5.82 Å². The molecule has 0 saturated heterocycles. The van der Waals surface area contributed by atoms with Crippen LogP contribution in [0.15, 0.2) is 60.3 Å². The number of allylic oxidation sites excluding steroid dienone is 1. The van der Waals surface area contributed by atoms with Crippen molar-refractivity contribution in [3.05, 3.63) is 77.6 Å². The van der Waals surface area contributed by atoms with Gasteiger partial charge in [0.15, 0.2) is 28.7 Å². The zero-order chi connectivity index (χ0) is 22.4. The van der Waals surface area contributed by atoms with E-state index < -0.39 is 17.7 Å². The van der Waals surface area contributed by atoms with Crippen LogP contribution in [0.3, 0.4) is 0 Å². The number of aromatic nitrogens is 3. The predicted molar refractivity (Wildman–Crippen MR) is 116 cm³/mol. The zero-order valence-corrected chi connectivity index (χ0v) is 18.1. The van der Waals surface area contributed by atoms with Gasteiger partial charge in [0.25, 0.3) is 0 Å². The van der Waals surface area contributed by atoms with Crippen LogP contribution in [0, 0.1) is 11.6 Å². The average molecular weight is 465 g/mol.